The first-order valence-electron chi connectivity index (χ1n) is 10.6. The summed E-state index contributed by atoms with van der Waals surface area (Å²) in [5.74, 6) is 1.58. The molecular weight excluding hydrogens is 472 g/mol. The Morgan fingerprint density at radius 3 is 2.61 bits per heavy atom. The van der Waals surface area contributed by atoms with Gasteiger partial charge in [-0.1, -0.05) is 30.3 Å². The molecule has 0 radical (unpaired) electrons. The summed E-state index contributed by atoms with van der Waals surface area (Å²) in [5, 5.41) is 0. The number of para-hydroxylation sites is 1. The minimum Gasteiger partial charge on any atom is -0.497 e. The van der Waals surface area contributed by atoms with E-state index in [1.54, 1.807) is 7.11 Å². The molecule has 2 rings (SSSR count). The summed E-state index contributed by atoms with van der Waals surface area (Å²) in [4.78, 5) is 1.90. The first-order valence-corrected chi connectivity index (χ1v) is 12.5. The Bertz CT molecular complexity index is 888. The SMILES string of the molecule is COc1cccc(CCc2ccccc2OCC(CN(C)C)OCO[P@](=O)(F)OCCCl)c1. The fourth-order valence-corrected chi connectivity index (χ4v) is 3.83. The average molecular weight is 504 g/mol. The van der Waals surface area contributed by atoms with E-state index in [0.29, 0.717) is 6.54 Å². The number of methoxy groups -OCH3 is 1. The standard InChI is InChI=1S/C23H32ClFNO6P/c1-26(2)16-22(30-18-32-33(25,27)31-14-13-24)17-29-23-10-5-4-8-20(23)12-11-19-7-6-9-21(15-19)28-3/h4-10,15,22H,11-14,16-18H2,1-3H3/t22?,33-/m0/s1. The fourth-order valence-electron chi connectivity index (χ4n) is 3.07. The minimum atomic E-state index is -4.70. The Hall–Kier alpha value is -1.67. The van der Waals surface area contributed by atoms with Crippen LogP contribution in [0.15, 0.2) is 48.5 Å². The number of hydrogen-bond acceptors (Lipinski definition) is 7. The summed E-state index contributed by atoms with van der Waals surface area (Å²) in [6.45, 7) is -0.0488. The van der Waals surface area contributed by atoms with Crippen LogP contribution < -0.4 is 9.47 Å². The first kappa shape index (κ1) is 27.6. The van der Waals surface area contributed by atoms with E-state index in [4.69, 9.17) is 25.8 Å². The van der Waals surface area contributed by atoms with Gasteiger partial charge < -0.3 is 19.1 Å². The van der Waals surface area contributed by atoms with Gasteiger partial charge in [0.15, 0.2) is 6.79 Å². The van der Waals surface area contributed by atoms with Gasteiger partial charge in [-0.2, -0.15) is 0 Å². The smallest absolute Gasteiger partial charge is 0.497 e. The van der Waals surface area contributed by atoms with Gasteiger partial charge in [0, 0.05) is 12.4 Å². The fraction of sp³-hybridized carbons (Fsp3) is 0.478. The number of alkyl halides is 1. The van der Waals surface area contributed by atoms with Crippen LogP contribution in [0.1, 0.15) is 11.1 Å². The highest BCUT2D eigenvalue weighted by Gasteiger charge is 2.25. The Morgan fingerprint density at radius 2 is 1.88 bits per heavy atom. The van der Waals surface area contributed by atoms with Gasteiger partial charge in [0.25, 0.3) is 0 Å². The van der Waals surface area contributed by atoms with Crippen molar-refractivity contribution in [3.63, 3.8) is 0 Å². The number of rotatable bonds is 16. The number of aryl methyl sites for hydroxylation is 2. The first-order chi connectivity index (χ1) is 15.8. The Morgan fingerprint density at radius 1 is 1.09 bits per heavy atom. The molecule has 0 spiro atoms. The van der Waals surface area contributed by atoms with Crippen molar-refractivity contribution >= 4 is 19.5 Å². The van der Waals surface area contributed by atoms with Crippen LogP contribution in [0.3, 0.4) is 0 Å². The van der Waals surface area contributed by atoms with Crippen LogP contribution >= 0.6 is 19.5 Å². The van der Waals surface area contributed by atoms with E-state index in [-0.39, 0.29) is 19.1 Å². The third kappa shape index (κ3) is 10.9. The third-order valence-corrected chi connectivity index (χ3v) is 5.68. The maximum atomic E-state index is 13.7. The zero-order chi connectivity index (χ0) is 24.1. The summed E-state index contributed by atoms with van der Waals surface area (Å²) < 4.78 is 51.2. The van der Waals surface area contributed by atoms with Gasteiger partial charge in [-0.3, -0.25) is 9.05 Å². The van der Waals surface area contributed by atoms with E-state index >= 15 is 0 Å². The van der Waals surface area contributed by atoms with Crippen molar-refractivity contribution in [2.75, 3.05) is 53.6 Å². The van der Waals surface area contributed by atoms with E-state index in [0.717, 1.165) is 29.9 Å². The molecule has 2 aromatic rings. The summed E-state index contributed by atoms with van der Waals surface area (Å²) in [7, 11) is 0.706. The van der Waals surface area contributed by atoms with Gasteiger partial charge >= 0.3 is 7.91 Å². The van der Waals surface area contributed by atoms with Crippen molar-refractivity contribution in [3.8, 4) is 11.5 Å². The lowest BCUT2D eigenvalue weighted by Gasteiger charge is -2.23. The molecule has 33 heavy (non-hydrogen) atoms. The number of halogens is 2. The van der Waals surface area contributed by atoms with Crippen LogP contribution in [0, 0.1) is 0 Å². The lowest BCUT2D eigenvalue weighted by molar-refractivity contribution is -0.0683. The normalized spacial score (nSPS) is 14.1. The molecule has 0 aliphatic rings. The lowest BCUT2D eigenvalue weighted by atomic mass is 10.0. The largest absolute Gasteiger partial charge is 0.515 e. The van der Waals surface area contributed by atoms with E-state index in [2.05, 4.69) is 15.1 Å². The molecule has 7 nitrogen and oxygen atoms in total. The van der Waals surface area contributed by atoms with Crippen LogP contribution in [0.5, 0.6) is 11.5 Å². The van der Waals surface area contributed by atoms with Crippen molar-refractivity contribution < 1.29 is 32.0 Å². The lowest BCUT2D eigenvalue weighted by Crippen LogP contribution is -2.34. The molecule has 0 saturated heterocycles. The maximum absolute atomic E-state index is 13.7. The quantitative estimate of drug-likeness (QED) is 0.179. The molecule has 0 heterocycles. The summed E-state index contributed by atoms with van der Waals surface area (Å²) >= 11 is 5.41. The summed E-state index contributed by atoms with van der Waals surface area (Å²) in [5.41, 5.74) is 2.23. The molecule has 0 aromatic heterocycles. The van der Waals surface area contributed by atoms with Crippen molar-refractivity contribution in [1.29, 1.82) is 0 Å². The molecule has 0 aliphatic heterocycles. The Labute approximate surface area is 200 Å². The highest BCUT2D eigenvalue weighted by atomic mass is 35.5. The molecule has 0 fully saturated rings. The second-order valence-electron chi connectivity index (χ2n) is 7.52. The topological polar surface area (TPSA) is 66.5 Å². The second-order valence-corrected chi connectivity index (χ2v) is 9.28. The number of benzene rings is 2. The molecule has 2 aromatic carbocycles. The number of hydrogen-bond donors (Lipinski definition) is 0. The van der Waals surface area contributed by atoms with Gasteiger partial charge in [0.1, 0.15) is 24.2 Å². The third-order valence-electron chi connectivity index (χ3n) is 4.62. The molecule has 0 saturated carbocycles. The van der Waals surface area contributed by atoms with E-state index in [1.807, 2.05) is 61.5 Å². The zero-order valence-corrected chi connectivity index (χ0v) is 20.9. The van der Waals surface area contributed by atoms with Crippen LogP contribution in [0.25, 0.3) is 0 Å². The molecule has 184 valence electrons. The van der Waals surface area contributed by atoms with Crippen LogP contribution in [-0.2, 0) is 31.2 Å². The van der Waals surface area contributed by atoms with Crippen molar-refractivity contribution in [2.24, 2.45) is 0 Å². The van der Waals surface area contributed by atoms with E-state index in [1.165, 1.54) is 5.56 Å². The minimum absolute atomic E-state index is 0.00640. The Balaban J connectivity index is 1.93. The van der Waals surface area contributed by atoms with Gasteiger partial charge in [0.2, 0.25) is 0 Å². The van der Waals surface area contributed by atoms with Crippen LogP contribution in [0.4, 0.5) is 4.20 Å². The monoisotopic (exact) mass is 503 g/mol. The van der Waals surface area contributed by atoms with E-state index < -0.39 is 20.8 Å². The number of ether oxygens (including phenoxy) is 3. The zero-order valence-electron chi connectivity index (χ0n) is 19.2. The van der Waals surface area contributed by atoms with Crippen LogP contribution in [0.2, 0.25) is 0 Å². The number of likely N-dealkylation sites (N-methyl/N-ethyl adjacent to an activating group) is 1. The highest BCUT2D eigenvalue weighted by Crippen LogP contribution is 2.49. The molecule has 0 N–H and O–H groups in total. The average Bonchev–Trinajstić information content (AvgIpc) is 2.80. The van der Waals surface area contributed by atoms with Gasteiger partial charge in [0.05, 0.1) is 13.7 Å². The maximum Gasteiger partial charge on any atom is 0.515 e. The van der Waals surface area contributed by atoms with E-state index in [9.17, 15) is 8.76 Å². The van der Waals surface area contributed by atoms with Crippen LogP contribution in [-0.4, -0.2) is 64.6 Å². The second kappa shape index (κ2) is 14.6. The highest BCUT2D eigenvalue weighted by molar-refractivity contribution is 7.48. The summed E-state index contributed by atoms with van der Waals surface area (Å²) in [6.07, 6.45) is 1.17. The molecule has 2 atom stereocenters. The van der Waals surface area contributed by atoms with Gasteiger partial charge in [-0.25, -0.2) is 4.57 Å². The Kier molecular flexibility index (Phi) is 12.2. The van der Waals surface area contributed by atoms with Crippen molar-refractivity contribution in [3.05, 3.63) is 59.7 Å². The molecule has 0 amide bonds. The molecule has 10 heteroatoms. The molecule has 1 unspecified atom stereocenters. The molecule has 0 bridgehead atoms. The van der Waals surface area contributed by atoms with Gasteiger partial charge in [-0.05, 0) is 56.3 Å². The summed E-state index contributed by atoms with van der Waals surface area (Å²) in [6, 6.07) is 15.8. The molecule has 0 aliphatic carbocycles. The van der Waals surface area contributed by atoms with Gasteiger partial charge in [-0.15, -0.1) is 15.8 Å². The molecular formula is C23H32ClFNO6P. The number of nitrogens with zero attached hydrogens (tertiary/aromatic N) is 1. The predicted octanol–water partition coefficient (Wildman–Crippen LogP) is 5.11. The van der Waals surface area contributed by atoms with Crippen molar-refractivity contribution in [2.45, 2.75) is 18.9 Å². The predicted molar refractivity (Wildman–Crippen MR) is 127 cm³/mol. The van der Waals surface area contributed by atoms with Crippen molar-refractivity contribution in [1.82, 2.24) is 4.90 Å².